The van der Waals surface area contributed by atoms with E-state index in [1.165, 1.54) is 37.9 Å². The van der Waals surface area contributed by atoms with Crippen molar-refractivity contribution in [3.05, 3.63) is 42.7 Å². The van der Waals surface area contributed by atoms with Crippen LogP contribution in [-0.2, 0) is 16.2 Å². The molecule has 0 bridgehead atoms. The van der Waals surface area contributed by atoms with Gasteiger partial charge in [0.15, 0.2) is 0 Å². The van der Waals surface area contributed by atoms with Crippen LogP contribution in [0.3, 0.4) is 0 Å². The quantitative estimate of drug-likeness (QED) is 0.489. The number of nitrogens with zero attached hydrogens (tertiary/aromatic N) is 2. The van der Waals surface area contributed by atoms with Gasteiger partial charge in [-0.3, -0.25) is 4.79 Å². The Bertz CT molecular complexity index is 507. The molecule has 0 spiro atoms. The van der Waals surface area contributed by atoms with Gasteiger partial charge >= 0.3 is 0 Å². The van der Waals surface area contributed by atoms with Crippen LogP contribution in [0.5, 0.6) is 0 Å². The Labute approximate surface area is 177 Å². The topological polar surface area (TPSA) is 44.8 Å². The number of anilines is 1. The number of carbonyl (C=O) groups excluding carboxylic acids is 1. The fraction of sp³-hybridized carbons (Fsp3) is 0.609. The molecule has 6 heteroatoms. The molecule has 0 unspecified atom stereocenters. The van der Waals surface area contributed by atoms with Crippen molar-refractivity contribution < 1.29 is 14.3 Å². The number of nitrogens with one attached hydrogen (secondary N) is 1. The van der Waals surface area contributed by atoms with Crippen LogP contribution in [0.15, 0.2) is 37.1 Å². The molecule has 168 valence electrons. The monoisotopic (exact) mass is 411 g/mol. The summed E-state index contributed by atoms with van der Waals surface area (Å²) in [6.45, 7) is 14.6. The molecule has 1 aliphatic heterocycles. The van der Waals surface area contributed by atoms with Crippen molar-refractivity contribution in [1.29, 1.82) is 0 Å². The van der Waals surface area contributed by atoms with E-state index in [9.17, 15) is 9.32 Å². The van der Waals surface area contributed by atoms with Gasteiger partial charge in [0.2, 0.25) is 6.41 Å². The lowest BCUT2D eigenvalue weighted by atomic mass is 10.0. The van der Waals surface area contributed by atoms with Gasteiger partial charge in [0.05, 0.1) is 0 Å². The van der Waals surface area contributed by atoms with Crippen molar-refractivity contribution in [2.45, 2.75) is 59.4 Å². The number of halogens is 1. The number of hydrogen-bond acceptors (Lipinski definition) is 4. The Balaban J connectivity index is 0. The summed E-state index contributed by atoms with van der Waals surface area (Å²) in [5, 5.41) is 2.78. The van der Waals surface area contributed by atoms with Crippen LogP contribution in [0.4, 0.5) is 10.2 Å². The normalized spacial score (nSPS) is 13.5. The summed E-state index contributed by atoms with van der Waals surface area (Å²) < 4.78 is 10.1. The fourth-order valence-corrected chi connectivity index (χ4v) is 2.86. The molecule has 1 aliphatic rings. The zero-order valence-electron chi connectivity index (χ0n) is 19.3. The first kappa shape index (κ1) is 29.3. The molecule has 1 fully saturated rings. The molecule has 1 aromatic carbocycles. The van der Waals surface area contributed by atoms with Gasteiger partial charge in [0.1, 0.15) is 6.26 Å². The molecule has 0 aliphatic carbocycles. The Kier molecular flexibility index (Phi) is 21.0. The molecule has 5 nitrogen and oxygen atoms in total. The van der Waals surface area contributed by atoms with E-state index in [0.717, 1.165) is 25.1 Å². The lowest BCUT2D eigenvalue weighted by molar-refractivity contribution is -0.105. The third-order valence-corrected chi connectivity index (χ3v) is 4.34. The maximum atomic E-state index is 10.6. The smallest absolute Gasteiger partial charge is 0.211 e. The van der Waals surface area contributed by atoms with Crippen molar-refractivity contribution in [3.8, 4) is 0 Å². The van der Waals surface area contributed by atoms with Gasteiger partial charge in [-0.25, -0.2) is 0 Å². The van der Waals surface area contributed by atoms with E-state index in [-0.39, 0.29) is 0 Å². The fourth-order valence-electron chi connectivity index (χ4n) is 2.86. The second-order valence-electron chi connectivity index (χ2n) is 6.65. The van der Waals surface area contributed by atoms with E-state index in [0.29, 0.717) is 12.3 Å². The van der Waals surface area contributed by atoms with Gasteiger partial charge in [0, 0.05) is 22.8 Å². The maximum Gasteiger partial charge on any atom is 0.211 e. The number of benzene rings is 1. The van der Waals surface area contributed by atoms with Crippen molar-refractivity contribution in [2.75, 3.05) is 39.0 Å². The summed E-state index contributed by atoms with van der Waals surface area (Å²) in [7, 11) is 4.41. The van der Waals surface area contributed by atoms with Crippen molar-refractivity contribution in [1.82, 2.24) is 9.80 Å². The van der Waals surface area contributed by atoms with Crippen molar-refractivity contribution in [2.24, 2.45) is 0 Å². The summed E-state index contributed by atoms with van der Waals surface area (Å²) in [5.41, 5.74) is 2.14. The molecule has 0 saturated carbocycles. The molecule has 1 amide bonds. The van der Waals surface area contributed by atoms with Crippen LogP contribution < -0.4 is 5.32 Å². The maximum absolute atomic E-state index is 10.6. The van der Waals surface area contributed by atoms with Crippen LogP contribution in [0.2, 0.25) is 0 Å². The highest BCUT2D eigenvalue weighted by molar-refractivity contribution is 5.73. The van der Waals surface area contributed by atoms with Gasteiger partial charge in [-0.1, -0.05) is 58.9 Å². The lowest BCUT2D eigenvalue weighted by Gasteiger charge is -2.35. The number of amides is 1. The van der Waals surface area contributed by atoms with Crippen molar-refractivity contribution >= 4 is 12.1 Å². The first-order valence-corrected chi connectivity index (χ1v) is 10.6. The zero-order chi connectivity index (χ0) is 22.5. The minimum atomic E-state index is 0.692. The second kappa shape index (κ2) is 20.8. The third kappa shape index (κ3) is 14.7. The molecule has 0 aromatic heterocycles. The summed E-state index contributed by atoms with van der Waals surface area (Å²) in [6, 6.07) is 8.72. The molecular weight excluding hydrogens is 369 g/mol. The molecule has 1 aromatic rings. The highest BCUT2D eigenvalue weighted by atomic mass is 19.3. The molecule has 29 heavy (non-hydrogen) atoms. The Morgan fingerprint density at radius 1 is 1.28 bits per heavy atom. The average Bonchev–Trinajstić information content (AvgIpc) is 2.76. The van der Waals surface area contributed by atoms with E-state index in [1.54, 1.807) is 0 Å². The van der Waals surface area contributed by atoms with Crippen molar-refractivity contribution in [3.63, 3.8) is 0 Å². The summed E-state index contributed by atoms with van der Waals surface area (Å²) >= 11 is 0. The molecule has 1 N–H and O–H groups in total. The number of likely N-dealkylation sites (tertiary alicyclic amines) is 1. The van der Waals surface area contributed by atoms with E-state index in [4.69, 9.17) is 0 Å². The summed E-state index contributed by atoms with van der Waals surface area (Å²) in [6.07, 6.45) is 6.18. The summed E-state index contributed by atoms with van der Waals surface area (Å²) in [4.78, 5) is 18.3. The molecule has 0 radical (unpaired) electrons. The Morgan fingerprint density at radius 2 is 1.79 bits per heavy atom. The molecule has 2 rings (SSSR count). The predicted molar refractivity (Wildman–Crippen MR) is 123 cm³/mol. The SMILES string of the molecule is C=COF.CC.CCC.CN1CCC(N(C)CCc2ccccc2NC=O)CC1. The molecule has 0 atom stereocenters. The van der Waals surface area contributed by atoms with E-state index >= 15 is 0 Å². The predicted octanol–water partition coefficient (Wildman–Crippen LogP) is 5.30. The van der Waals surface area contributed by atoms with Gasteiger partial charge in [-0.15, -0.1) is 0 Å². The number of piperidine rings is 1. The highest BCUT2D eigenvalue weighted by Gasteiger charge is 2.20. The van der Waals surface area contributed by atoms with Gasteiger partial charge in [-0.2, -0.15) is 0 Å². The number of likely N-dealkylation sites (N-methyl/N-ethyl adjacent to an activating group) is 1. The van der Waals surface area contributed by atoms with Crippen LogP contribution >= 0.6 is 0 Å². The van der Waals surface area contributed by atoms with E-state index in [2.05, 4.69) is 60.6 Å². The first-order valence-electron chi connectivity index (χ1n) is 10.6. The minimum absolute atomic E-state index is 0.692. The largest absolute Gasteiger partial charge is 0.328 e. The highest BCUT2D eigenvalue weighted by Crippen LogP contribution is 2.18. The Hall–Kier alpha value is -1.92. The number of hydrogen-bond donors (Lipinski definition) is 1. The zero-order valence-corrected chi connectivity index (χ0v) is 19.3. The van der Waals surface area contributed by atoms with Gasteiger partial charge < -0.3 is 20.1 Å². The van der Waals surface area contributed by atoms with Crippen LogP contribution in [0.1, 0.15) is 52.5 Å². The third-order valence-electron chi connectivity index (χ3n) is 4.34. The van der Waals surface area contributed by atoms with Crippen LogP contribution in [-0.4, -0.2) is 56.0 Å². The molecular formula is C23H42FN3O2. The van der Waals surface area contributed by atoms with Gasteiger partial charge in [0.25, 0.3) is 0 Å². The first-order chi connectivity index (χ1) is 14.0. The van der Waals surface area contributed by atoms with E-state index in [1.807, 2.05) is 32.0 Å². The molecule has 1 saturated heterocycles. The standard InChI is InChI=1S/C16H25N3O.C3H8.C2H3FO.C2H6/c1-18-10-8-15(9-11-18)19(2)12-7-14-5-3-4-6-16(14)17-13-20;1-3-2;1-2-4-3;1-2/h3-6,13,15H,7-12H2,1-2H3,(H,17,20);3H2,1-2H3;2H,1H2;1-2H3. The summed E-state index contributed by atoms with van der Waals surface area (Å²) in [5.74, 6) is 0. The number of rotatable bonds is 7. The second-order valence-corrected chi connectivity index (χ2v) is 6.65. The Morgan fingerprint density at radius 3 is 2.28 bits per heavy atom. The number of carbonyl (C=O) groups is 1. The number of para-hydroxylation sites is 1. The van der Waals surface area contributed by atoms with Crippen LogP contribution in [0, 0.1) is 0 Å². The van der Waals surface area contributed by atoms with E-state index < -0.39 is 0 Å². The average molecular weight is 412 g/mol. The van der Waals surface area contributed by atoms with Gasteiger partial charge in [-0.05, 0) is 58.1 Å². The minimum Gasteiger partial charge on any atom is -0.328 e. The van der Waals surface area contributed by atoms with Crippen LogP contribution in [0.25, 0.3) is 0 Å². The lowest BCUT2D eigenvalue weighted by Crippen LogP contribution is -2.42. The molecule has 1 heterocycles.